The normalized spacial score (nSPS) is 24.8. The number of likely N-dealkylation sites (tertiary alicyclic amines) is 1. The number of anilines is 2. The van der Waals surface area contributed by atoms with E-state index in [4.69, 9.17) is 9.52 Å². The number of nitrogens with zero attached hydrogens (tertiary/aromatic N) is 3. The lowest BCUT2D eigenvalue weighted by atomic mass is 9.84. The summed E-state index contributed by atoms with van der Waals surface area (Å²) in [5, 5.41) is 11.4. The van der Waals surface area contributed by atoms with Crippen LogP contribution >= 0.6 is 0 Å². The Balaban J connectivity index is 1.43. The first kappa shape index (κ1) is 20.1. The van der Waals surface area contributed by atoms with Gasteiger partial charge >= 0.3 is 0 Å². The summed E-state index contributed by atoms with van der Waals surface area (Å²) in [5.41, 5.74) is 3.47. The zero-order valence-electron chi connectivity index (χ0n) is 18.4. The minimum atomic E-state index is -0.371. The van der Waals surface area contributed by atoms with Crippen LogP contribution in [0.1, 0.15) is 55.5 Å². The smallest absolute Gasteiger partial charge is 0.227 e. The predicted octanol–water partition coefficient (Wildman–Crippen LogP) is 4.07. The third-order valence-electron chi connectivity index (χ3n) is 7.00. The van der Waals surface area contributed by atoms with Crippen molar-refractivity contribution in [2.45, 2.75) is 70.4 Å². The lowest BCUT2D eigenvalue weighted by molar-refractivity contribution is -0.131. The molecule has 1 aromatic heterocycles. The number of carbonyl (C=O) groups excluding carboxylic acids is 1. The predicted molar refractivity (Wildman–Crippen MR) is 122 cm³/mol. The summed E-state index contributed by atoms with van der Waals surface area (Å²) < 4.78 is 5.26. The molecule has 1 amide bonds. The number of aliphatic imine (C=N–C) groups is 1. The van der Waals surface area contributed by atoms with Gasteiger partial charge in [-0.2, -0.15) is 0 Å². The van der Waals surface area contributed by atoms with E-state index >= 15 is 0 Å². The minimum Gasteiger partial charge on any atom is -0.370 e. The summed E-state index contributed by atoms with van der Waals surface area (Å²) in [4.78, 5) is 20.4. The molecule has 1 saturated heterocycles. The van der Waals surface area contributed by atoms with E-state index in [-0.39, 0.29) is 11.4 Å². The van der Waals surface area contributed by atoms with E-state index in [2.05, 4.69) is 27.9 Å². The van der Waals surface area contributed by atoms with Gasteiger partial charge in [0, 0.05) is 12.1 Å². The molecule has 1 aromatic carbocycles. The first-order valence-corrected chi connectivity index (χ1v) is 11.5. The summed E-state index contributed by atoms with van der Waals surface area (Å²) in [7, 11) is 0. The highest BCUT2D eigenvalue weighted by Crippen LogP contribution is 2.37. The fraction of sp³-hybridized carbons (Fsp3) is 0.542. The van der Waals surface area contributed by atoms with Crippen LogP contribution in [0.2, 0.25) is 0 Å². The van der Waals surface area contributed by atoms with Gasteiger partial charge in [-0.1, -0.05) is 30.1 Å². The first-order chi connectivity index (χ1) is 15.0. The maximum absolute atomic E-state index is 13.3. The Labute approximate surface area is 183 Å². The second-order valence-electron chi connectivity index (χ2n) is 9.19. The Hall–Kier alpha value is -2.83. The summed E-state index contributed by atoms with van der Waals surface area (Å²) in [6.45, 7) is 5.15. The van der Waals surface area contributed by atoms with E-state index in [1.165, 1.54) is 12.8 Å². The molecule has 3 aliphatic rings. The van der Waals surface area contributed by atoms with Crippen molar-refractivity contribution in [1.82, 2.24) is 10.1 Å². The second kappa shape index (κ2) is 8.02. The number of hydrogen-bond acceptors (Lipinski definition) is 5. The maximum Gasteiger partial charge on any atom is 0.227 e. The van der Waals surface area contributed by atoms with Crippen LogP contribution < -0.4 is 10.6 Å². The molecule has 7 nitrogen and oxygen atoms in total. The molecule has 1 aliphatic carbocycles. The number of aryl methyl sites for hydroxylation is 2. The van der Waals surface area contributed by atoms with Gasteiger partial charge in [0.25, 0.3) is 0 Å². The summed E-state index contributed by atoms with van der Waals surface area (Å²) in [6.07, 6.45) is 7.02. The van der Waals surface area contributed by atoms with E-state index in [0.29, 0.717) is 19.0 Å². The summed E-state index contributed by atoms with van der Waals surface area (Å²) in [6, 6.07) is 8.64. The molecule has 1 unspecified atom stereocenters. The molecular weight excluding hydrogens is 390 g/mol. The maximum atomic E-state index is 13.3. The van der Waals surface area contributed by atoms with Crippen molar-refractivity contribution in [3.05, 3.63) is 41.3 Å². The average molecular weight is 422 g/mol. The molecule has 5 rings (SSSR count). The zero-order valence-corrected chi connectivity index (χ0v) is 18.4. The SMILES string of the molecule is Cc1noc(C)c1CC(=O)N1CCCC2(C1)Nc1ccccc1NC2=NC1CCCC1. The number of fused-ring (bicyclic) bond motifs is 1. The molecule has 1 saturated carbocycles. The highest BCUT2D eigenvalue weighted by atomic mass is 16.5. The van der Waals surface area contributed by atoms with Gasteiger partial charge < -0.3 is 20.1 Å². The van der Waals surface area contributed by atoms with Crippen LogP contribution in [0.5, 0.6) is 0 Å². The van der Waals surface area contributed by atoms with Crippen LogP contribution in [0, 0.1) is 13.8 Å². The Bertz CT molecular complexity index is 988. The highest BCUT2D eigenvalue weighted by molar-refractivity contribution is 6.10. The number of piperidine rings is 1. The van der Waals surface area contributed by atoms with Crippen LogP contribution in [0.3, 0.4) is 0 Å². The molecule has 2 fully saturated rings. The van der Waals surface area contributed by atoms with Gasteiger partial charge in [0.1, 0.15) is 17.1 Å². The number of hydrogen-bond donors (Lipinski definition) is 2. The number of para-hydroxylation sites is 2. The van der Waals surface area contributed by atoms with Crippen LogP contribution in [0.4, 0.5) is 11.4 Å². The number of aromatic nitrogens is 1. The molecule has 1 atom stereocenters. The molecule has 2 aromatic rings. The number of amidine groups is 1. The quantitative estimate of drug-likeness (QED) is 0.781. The molecule has 3 heterocycles. The topological polar surface area (TPSA) is 82.8 Å². The van der Waals surface area contributed by atoms with E-state index < -0.39 is 0 Å². The van der Waals surface area contributed by atoms with Crippen molar-refractivity contribution in [2.24, 2.45) is 4.99 Å². The lowest BCUT2D eigenvalue weighted by Crippen LogP contribution is -2.63. The number of carbonyl (C=O) groups is 1. The van der Waals surface area contributed by atoms with Gasteiger partial charge in [0.05, 0.1) is 36.1 Å². The molecule has 0 bridgehead atoms. The molecule has 2 N–H and O–H groups in total. The second-order valence-corrected chi connectivity index (χ2v) is 9.19. The van der Waals surface area contributed by atoms with Crippen molar-refractivity contribution < 1.29 is 9.32 Å². The van der Waals surface area contributed by atoms with Gasteiger partial charge in [-0.25, -0.2) is 0 Å². The zero-order chi connectivity index (χ0) is 21.4. The molecule has 7 heteroatoms. The average Bonchev–Trinajstić information content (AvgIpc) is 3.40. The third kappa shape index (κ3) is 3.82. The summed E-state index contributed by atoms with van der Waals surface area (Å²) >= 11 is 0. The van der Waals surface area contributed by atoms with E-state index in [9.17, 15) is 4.79 Å². The van der Waals surface area contributed by atoms with Gasteiger partial charge in [0.2, 0.25) is 5.91 Å². The monoisotopic (exact) mass is 421 g/mol. The molecule has 1 spiro atoms. The Kier molecular flexibility index (Phi) is 5.20. The van der Waals surface area contributed by atoms with E-state index in [1.54, 1.807) is 0 Å². The highest BCUT2D eigenvalue weighted by Gasteiger charge is 2.45. The van der Waals surface area contributed by atoms with Crippen molar-refractivity contribution in [1.29, 1.82) is 0 Å². The number of rotatable bonds is 3. The fourth-order valence-corrected chi connectivity index (χ4v) is 5.22. The van der Waals surface area contributed by atoms with Gasteiger partial charge in [-0.3, -0.25) is 9.79 Å². The molecule has 31 heavy (non-hydrogen) atoms. The Morgan fingerprint density at radius 2 is 2.00 bits per heavy atom. The van der Waals surface area contributed by atoms with Gasteiger partial charge in [0.15, 0.2) is 0 Å². The fourth-order valence-electron chi connectivity index (χ4n) is 5.22. The Morgan fingerprint density at radius 3 is 2.74 bits per heavy atom. The molecular formula is C24H31N5O2. The third-order valence-corrected chi connectivity index (χ3v) is 7.00. The van der Waals surface area contributed by atoms with Crippen LogP contribution in [-0.4, -0.2) is 46.5 Å². The number of benzene rings is 1. The van der Waals surface area contributed by atoms with E-state index in [1.807, 2.05) is 30.9 Å². The summed E-state index contributed by atoms with van der Waals surface area (Å²) in [5.74, 6) is 1.84. The van der Waals surface area contributed by atoms with Crippen molar-refractivity contribution >= 4 is 23.1 Å². The molecule has 164 valence electrons. The van der Waals surface area contributed by atoms with Crippen molar-refractivity contribution in [2.75, 3.05) is 23.7 Å². The van der Waals surface area contributed by atoms with Crippen LogP contribution in [0.25, 0.3) is 0 Å². The van der Waals surface area contributed by atoms with Gasteiger partial charge in [-0.15, -0.1) is 0 Å². The molecule has 2 aliphatic heterocycles. The molecule has 0 radical (unpaired) electrons. The van der Waals surface area contributed by atoms with Crippen molar-refractivity contribution in [3.8, 4) is 0 Å². The van der Waals surface area contributed by atoms with Crippen LogP contribution in [0.15, 0.2) is 33.8 Å². The first-order valence-electron chi connectivity index (χ1n) is 11.5. The van der Waals surface area contributed by atoms with Crippen molar-refractivity contribution in [3.63, 3.8) is 0 Å². The van der Waals surface area contributed by atoms with Gasteiger partial charge in [-0.05, 0) is 51.7 Å². The van der Waals surface area contributed by atoms with Crippen LogP contribution in [-0.2, 0) is 11.2 Å². The number of nitrogens with one attached hydrogen (secondary N) is 2. The lowest BCUT2D eigenvalue weighted by Gasteiger charge is -2.47. The van der Waals surface area contributed by atoms with E-state index in [0.717, 1.165) is 66.5 Å². The Morgan fingerprint density at radius 1 is 1.23 bits per heavy atom. The largest absolute Gasteiger partial charge is 0.370 e. The standard InChI is InChI=1S/C24H31N5O2/c1-16-19(17(2)31-28-16)14-22(30)29-13-7-12-24(15-29)23(25-18-8-3-4-9-18)26-20-10-5-6-11-21(20)27-24/h5-6,10-11,18,27H,3-4,7-9,12-15H2,1-2H3,(H,25,26). The number of amides is 1. The minimum absolute atomic E-state index is 0.120.